The number of carbonyl (C=O) groups is 1. The minimum atomic E-state index is -0.393. The molecule has 0 atom stereocenters. The van der Waals surface area contributed by atoms with Crippen LogP contribution in [0.15, 0.2) is 50.5 Å². The quantitative estimate of drug-likeness (QED) is 0.619. The first-order valence-electron chi connectivity index (χ1n) is 9.33. The predicted octanol–water partition coefficient (Wildman–Crippen LogP) is 5.28. The number of hydrogen-bond donors (Lipinski definition) is 1. The Morgan fingerprint density at radius 3 is 2.66 bits per heavy atom. The van der Waals surface area contributed by atoms with Gasteiger partial charge in [0.2, 0.25) is 5.17 Å². The summed E-state index contributed by atoms with van der Waals surface area (Å²) in [5.41, 5.74) is 4.24. The number of hydrazone groups is 1. The molecule has 1 aromatic heterocycles. The number of amidine groups is 2. The number of nitrogens with one attached hydrogen (secondary N) is 1. The molecule has 0 radical (unpaired) electrons. The number of aryl methyl sites for hydroxylation is 1. The van der Waals surface area contributed by atoms with Gasteiger partial charge >= 0.3 is 0 Å². The van der Waals surface area contributed by atoms with Crippen LogP contribution in [0.25, 0.3) is 11.8 Å². The van der Waals surface area contributed by atoms with Crippen LogP contribution >= 0.6 is 27.7 Å². The van der Waals surface area contributed by atoms with E-state index < -0.39 is 5.91 Å². The fourth-order valence-electron chi connectivity index (χ4n) is 3.42. The van der Waals surface area contributed by atoms with Crippen LogP contribution < -0.4 is 0 Å². The van der Waals surface area contributed by atoms with Crippen LogP contribution in [0.1, 0.15) is 36.7 Å². The van der Waals surface area contributed by atoms with Gasteiger partial charge in [0.05, 0.1) is 5.57 Å². The molecule has 1 N–H and O–H groups in total. The second-order valence-corrected chi connectivity index (χ2v) is 8.86. The van der Waals surface area contributed by atoms with Gasteiger partial charge in [0.25, 0.3) is 5.91 Å². The van der Waals surface area contributed by atoms with E-state index in [9.17, 15) is 4.79 Å². The van der Waals surface area contributed by atoms with E-state index in [1.54, 1.807) is 6.08 Å². The van der Waals surface area contributed by atoms with Crippen molar-refractivity contribution in [2.75, 3.05) is 0 Å². The summed E-state index contributed by atoms with van der Waals surface area (Å²) in [5, 5.41) is 15.8. The largest absolute Gasteiger partial charge is 0.318 e. The average molecular weight is 470 g/mol. The molecule has 148 valence electrons. The second kappa shape index (κ2) is 7.76. The van der Waals surface area contributed by atoms with Crippen molar-refractivity contribution in [3.05, 3.63) is 57.3 Å². The maximum atomic E-state index is 12.6. The third-order valence-electron chi connectivity index (χ3n) is 4.82. The van der Waals surface area contributed by atoms with Gasteiger partial charge in [-0.1, -0.05) is 22.9 Å². The van der Waals surface area contributed by atoms with Gasteiger partial charge in [-0.25, -0.2) is 0 Å². The Hall–Kier alpha value is -2.45. The summed E-state index contributed by atoms with van der Waals surface area (Å²) in [5.74, 6) is -0.317. The zero-order valence-corrected chi connectivity index (χ0v) is 18.8. The maximum absolute atomic E-state index is 12.6. The van der Waals surface area contributed by atoms with Crippen LogP contribution in [0.3, 0.4) is 0 Å². The van der Waals surface area contributed by atoms with Crippen LogP contribution in [-0.4, -0.2) is 31.5 Å². The van der Waals surface area contributed by atoms with Gasteiger partial charge in [-0.2, -0.15) is 15.1 Å². The van der Waals surface area contributed by atoms with Crippen molar-refractivity contribution >= 4 is 55.7 Å². The van der Waals surface area contributed by atoms with Crippen molar-refractivity contribution in [2.24, 2.45) is 10.1 Å². The maximum Gasteiger partial charge on any atom is 0.283 e. The minimum absolute atomic E-state index is 0.0760. The fourth-order valence-corrected chi connectivity index (χ4v) is 4.67. The molecular weight excluding hydrogens is 450 g/mol. The van der Waals surface area contributed by atoms with E-state index in [-0.39, 0.29) is 11.4 Å². The number of aromatic nitrogens is 1. The number of benzene rings is 1. The summed E-state index contributed by atoms with van der Waals surface area (Å²) in [6.45, 7) is 6.11. The van der Waals surface area contributed by atoms with E-state index >= 15 is 0 Å². The van der Waals surface area contributed by atoms with Crippen molar-refractivity contribution in [1.29, 1.82) is 5.41 Å². The number of fused-ring (bicyclic) bond motifs is 1. The smallest absolute Gasteiger partial charge is 0.283 e. The Morgan fingerprint density at radius 2 is 1.97 bits per heavy atom. The Kier molecular flexibility index (Phi) is 5.31. The van der Waals surface area contributed by atoms with Crippen LogP contribution in [0.4, 0.5) is 0 Å². The molecule has 1 aromatic carbocycles. The third kappa shape index (κ3) is 3.62. The molecule has 1 amide bonds. The predicted molar refractivity (Wildman–Crippen MR) is 123 cm³/mol. The number of nitrogens with zero attached hydrogens (tertiary/aromatic N) is 4. The number of carbonyl (C=O) groups excluding carboxylic acids is 1. The van der Waals surface area contributed by atoms with Crippen molar-refractivity contribution in [2.45, 2.75) is 33.6 Å². The zero-order chi connectivity index (χ0) is 20.7. The molecule has 2 aliphatic heterocycles. The highest BCUT2D eigenvalue weighted by atomic mass is 79.9. The Labute approximate surface area is 182 Å². The summed E-state index contributed by atoms with van der Waals surface area (Å²) >= 11 is 4.84. The van der Waals surface area contributed by atoms with Crippen molar-refractivity contribution in [1.82, 2.24) is 9.58 Å². The Balaban J connectivity index is 1.72. The van der Waals surface area contributed by atoms with E-state index in [2.05, 4.69) is 37.5 Å². The highest BCUT2D eigenvalue weighted by Gasteiger charge is 2.35. The minimum Gasteiger partial charge on any atom is -0.318 e. The number of halogens is 1. The second-order valence-electron chi connectivity index (χ2n) is 6.90. The SMILES string of the molecule is CCCC1=NN2C(=N)/C(=C/c3cc(C)n(-c4ccc(Br)cc4)c3C)C(=O)N=C2S1. The van der Waals surface area contributed by atoms with Gasteiger partial charge in [-0.15, -0.1) is 0 Å². The molecule has 0 fully saturated rings. The number of thioether (sulfide) groups is 1. The molecular formula is C21H20BrN5OS. The Morgan fingerprint density at radius 1 is 1.24 bits per heavy atom. The highest BCUT2D eigenvalue weighted by Crippen LogP contribution is 2.31. The molecule has 29 heavy (non-hydrogen) atoms. The Bertz CT molecular complexity index is 1110. The number of hydrogen-bond acceptors (Lipinski definition) is 4. The molecule has 0 unspecified atom stereocenters. The van der Waals surface area contributed by atoms with Crippen LogP contribution in [-0.2, 0) is 4.79 Å². The molecule has 2 aliphatic rings. The van der Waals surface area contributed by atoms with Crippen LogP contribution in [0.2, 0.25) is 0 Å². The van der Waals surface area contributed by atoms with Crippen LogP contribution in [0, 0.1) is 19.3 Å². The molecule has 6 nitrogen and oxygen atoms in total. The first-order chi connectivity index (χ1) is 13.9. The lowest BCUT2D eigenvalue weighted by molar-refractivity contribution is -0.114. The van der Waals surface area contributed by atoms with Crippen molar-refractivity contribution < 1.29 is 4.79 Å². The first kappa shape index (κ1) is 19.8. The van der Waals surface area contributed by atoms with Gasteiger partial charge in [0, 0.05) is 21.5 Å². The molecule has 0 saturated carbocycles. The average Bonchev–Trinajstić information content (AvgIpc) is 3.20. The van der Waals surface area contributed by atoms with Crippen molar-refractivity contribution in [3.63, 3.8) is 0 Å². The van der Waals surface area contributed by atoms with Crippen molar-refractivity contribution in [3.8, 4) is 5.69 Å². The summed E-state index contributed by atoms with van der Waals surface area (Å²) < 4.78 is 3.15. The number of aliphatic imine (C=N–C) groups is 1. The highest BCUT2D eigenvalue weighted by molar-refractivity contribution is 9.10. The van der Waals surface area contributed by atoms with E-state index in [0.29, 0.717) is 5.17 Å². The lowest BCUT2D eigenvalue weighted by atomic mass is 10.1. The lowest BCUT2D eigenvalue weighted by Crippen LogP contribution is -2.35. The molecule has 4 rings (SSSR count). The molecule has 0 saturated heterocycles. The van der Waals surface area contributed by atoms with Gasteiger partial charge in [0.1, 0.15) is 5.04 Å². The molecule has 8 heteroatoms. The third-order valence-corrected chi connectivity index (χ3v) is 6.31. The number of rotatable bonds is 4. The lowest BCUT2D eigenvalue weighted by Gasteiger charge is -2.20. The standard InChI is InChI=1S/C21H20BrN5OS/c1-4-5-18-25-27-19(23)17(20(28)24-21(27)29-18)11-14-10-12(2)26(13(14)3)16-8-6-15(22)7-9-16/h6-11,23H,4-5H2,1-3H3/b17-11-,23-19?. The monoisotopic (exact) mass is 469 g/mol. The molecule has 0 spiro atoms. The fraction of sp³-hybridized carbons (Fsp3) is 0.238. The van der Waals surface area contributed by atoms with Crippen LogP contribution in [0.5, 0.6) is 0 Å². The molecule has 0 aliphatic carbocycles. The summed E-state index contributed by atoms with van der Waals surface area (Å²) in [7, 11) is 0. The normalized spacial score (nSPS) is 17.7. The van der Waals surface area contributed by atoms with Gasteiger partial charge in [0.15, 0.2) is 5.84 Å². The van der Waals surface area contributed by atoms with Gasteiger partial charge in [-0.05, 0) is 80.4 Å². The summed E-state index contributed by atoms with van der Waals surface area (Å²) in [6.07, 6.45) is 3.52. The summed E-state index contributed by atoms with van der Waals surface area (Å²) in [6, 6.07) is 10.1. The van der Waals surface area contributed by atoms with Gasteiger partial charge in [-0.3, -0.25) is 10.2 Å². The van der Waals surface area contributed by atoms with Gasteiger partial charge < -0.3 is 4.57 Å². The zero-order valence-electron chi connectivity index (χ0n) is 16.4. The van der Waals surface area contributed by atoms with E-state index in [0.717, 1.165) is 45.0 Å². The molecule has 0 bridgehead atoms. The topological polar surface area (TPSA) is 73.8 Å². The molecule has 2 aromatic rings. The van der Waals surface area contributed by atoms with E-state index in [1.807, 2.05) is 44.2 Å². The summed E-state index contributed by atoms with van der Waals surface area (Å²) in [4.78, 5) is 16.8. The van der Waals surface area contributed by atoms with E-state index in [4.69, 9.17) is 5.41 Å². The van der Waals surface area contributed by atoms with E-state index in [1.165, 1.54) is 16.8 Å². The number of amides is 1. The molecule has 3 heterocycles. The first-order valence-corrected chi connectivity index (χ1v) is 10.9.